The zero-order valence-corrected chi connectivity index (χ0v) is 13.1. The van der Waals surface area contributed by atoms with Crippen molar-refractivity contribution >= 4 is 0 Å². The number of hydrogen-bond donors (Lipinski definition) is 1. The quantitative estimate of drug-likeness (QED) is 0.855. The minimum atomic E-state index is 0.282. The van der Waals surface area contributed by atoms with Gasteiger partial charge < -0.3 is 10.3 Å². The SMILES string of the molecule is CC(N)CCCC(C)c1nc(C2CCCC(C)C2)no1. The molecular formula is C16H29N3O. The van der Waals surface area contributed by atoms with Crippen molar-refractivity contribution in [3.8, 4) is 0 Å². The summed E-state index contributed by atoms with van der Waals surface area (Å²) in [7, 11) is 0. The van der Waals surface area contributed by atoms with Crippen molar-refractivity contribution in [3.63, 3.8) is 0 Å². The highest BCUT2D eigenvalue weighted by Crippen LogP contribution is 2.35. The van der Waals surface area contributed by atoms with E-state index in [1.54, 1.807) is 0 Å². The van der Waals surface area contributed by atoms with Gasteiger partial charge in [0, 0.05) is 17.9 Å². The lowest BCUT2D eigenvalue weighted by Crippen LogP contribution is -2.14. The van der Waals surface area contributed by atoms with Crippen molar-refractivity contribution in [2.75, 3.05) is 0 Å². The van der Waals surface area contributed by atoms with Gasteiger partial charge in [-0.1, -0.05) is 38.3 Å². The Morgan fingerprint density at radius 1 is 1.30 bits per heavy atom. The smallest absolute Gasteiger partial charge is 0.229 e. The molecule has 1 aromatic heterocycles. The van der Waals surface area contributed by atoms with Crippen molar-refractivity contribution in [1.82, 2.24) is 10.1 Å². The molecular weight excluding hydrogens is 250 g/mol. The van der Waals surface area contributed by atoms with Crippen LogP contribution in [0.4, 0.5) is 0 Å². The minimum absolute atomic E-state index is 0.282. The molecule has 4 nitrogen and oxygen atoms in total. The van der Waals surface area contributed by atoms with Crippen LogP contribution in [0, 0.1) is 5.92 Å². The van der Waals surface area contributed by atoms with Gasteiger partial charge in [0.2, 0.25) is 5.89 Å². The number of aromatic nitrogens is 2. The van der Waals surface area contributed by atoms with Gasteiger partial charge in [-0.05, 0) is 38.5 Å². The normalized spacial score (nSPS) is 26.4. The van der Waals surface area contributed by atoms with Gasteiger partial charge in [-0.25, -0.2) is 0 Å². The first kappa shape index (κ1) is 15.5. The van der Waals surface area contributed by atoms with Crippen LogP contribution in [0.25, 0.3) is 0 Å². The third-order valence-electron chi connectivity index (χ3n) is 4.48. The van der Waals surface area contributed by atoms with Gasteiger partial charge in [-0.3, -0.25) is 0 Å². The summed E-state index contributed by atoms with van der Waals surface area (Å²) in [5, 5.41) is 4.23. The summed E-state index contributed by atoms with van der Waals surface area (Å²) in [4.78, 5) is 4.66. The molecule has 1 aliphatic carbocycles. The molecule has 4 atom stereocenters. The van der Waals surface area contributed by atoms with E-state index in [-0.39, 0.29) is 6.04 Å². The summed E-state index contributed by atoms with van der Waals surface area (Å²) < 4.78 is 5.48. The molecule has 20 heavy (non-hydrogen) atoms. The zero-order valence-electron chi connectivity index (χ0n) is 13.1. The van der Waals surface area contributed by atoms with Crippen LogP contribution in [-0.4, -0.2) is 16.2 Å². The Morgan fingerprint density at radius 2 is 2.10 bits per heavy atom. The van der Waals surface area contributed by atoms with Gasteiger partial charge in [0.25, 0.3) is 0 Å². The van der Waals surface area contributed by atoms with Crippen LogP contribution in [0.5, 0.6) is 0 Å². The van der Waals surface area contributed by atoms with Crippen LogP contribution in [0.3, 0.4) is 0 Å². The van der Waals surface area contributed by atoms with E-state index in [1.807, 2.05) is 0 Å². The molecule has 4 heteroatoms. The fourth-order valence-electron chi connectivity index (χ4n) is 3.15. The molecule has 114 valence electrons. The average molecular weight is 279 g/mol. The second kappa shape index (κ2) is 7.21. The Balaban J connectivity index is 1.87. The summed E-state index contributed by atoms with van der Waals surface area (Å²) in [6.07, 6.45) is 8.31. The van der Waals surface area contributed by atoms with Crippen LogP contribution >= 0.6 is 0 Å². The minimum Gasteiger partial charge on any atom is -0.339 e. The molecule has 1 aliphatic rings. The first-order valence-corrected chi connectivity index (χ1v) is 8.15. The van der Waals surface area contributed by atoms with Gasteiger partial charge in [-0.15, -0.1) is 0 Å². The molecule has 1 saturated carbocycles. The standard InChI is InChI=1S/C16H29N3O/c1-11-6-4-9-14(10-11)15-18-16(20-19-15)12(2)7-5-8-13(3)17/h11-14H,4-10,17H2,1-3H3. The van der Waals surface area contributed by atoms with E-state index in [0.29, 0.717) is 11.8 Å². The van der Waals surface area contributed by atoms with Crippen molar-refractivity contribution in [2.24, 2.45) is 11.7 Å². The Labute approximate surface area is 122 Å². The molecule has 0 spiro atoms. The van der Waals surface area contributed by atoms with Crippen LogP contribution in [0.15, 0.2) is 4.52 Å². The van der Waals surface area contributed by atoms with Gasteiger partial charge in [0.1, 0.15) is 0 Å². The molecule has 1 fully saturated rings. The molecule has 0 radical (unpaired) electrons. The molecule has 0 amide bonds. The zero-order chi connectivity index (χ0) is 14.5. The average Bonchev–Trinajstić information content (AvgIpc) is 2.87. The topological polar surface area (TPSA) is 64.9 Å². The Kier molecular flexibility index (Phi) is 5.58. The van der Waals surface area contributed by atoms with Crippen LogP contribution < -0.4 is 5.73 Å². The van der Waals surface area contributed by atoms with Crippen LogP contribution in [0.2, 0.25) is 0 Å². The maximum atomic E-state index is 5.78. The highest BCUT2D eigenvalue weighted by molar-refractivity contribution is 5.00. The highest BCUT2D eigenvalue weighted by atomic mass is 16.5. The molecule has 0 bridgehead atoms. The van der Waals surface area contributed by atoms with Crippen LogP contribution in [0.1, 0.15) is 89.3 Å². The number of hydrogen-bond acceptors (Lipinski definition) is 4. The lowest BCUT2D eigenvalue weighted by atomic mass is 9.82. The largest absolute Gasteiger partial charge is 0.339 e. The molecule has 1 heterocycles. The van der Waals surface area contributed by atoms with E-state index in [9.17, 15) is 0 Å². The summed E-state index contributed by atoms with van der Waals surface area (Å²) in [6, 6.07) is 0.282. The van der Waals surface area contributed by atoms with Gasteiger partial charge in [-0.2, -0.15) is 4.98 Å². The van der Waals surface area contributed by atoms with E-state index in [2.05, 4.69) is 30.9 Å². The van der Waals surface area contributed by atoms with Crippen molar-refractivity contribution in [2.45, 2.75) is 83.6 Å². The first-order valence-electron chi connectivity index (χ1n) is 8.15. The molecule has 2 rings (SSSR count). The molecule has 0 aliphatic heterocycles. The van der Waals surface area contributed by atoms with Gasteiger partial charge in [0.15, 0.2) is 5.82 Å². The van der Waals surface area contributed by atoms with E-state index in [1.165, 1.54) is 25.7 Å². The van der Waals surface area contributed by atoms with Crippen LogP contribution in [-0.2, 0) is 0 Å². The highest BCUT2D eigenvalue weighted by Gasteiger charge is 2.25. The fraction of sp³-hybridized carbons (Fsp3) is 0.875. The summed E-state index contributed by atoms with van der Waals surface area (Å²) in [5.74, 6) is 3.39. The molecule has 1 aromatic rings. The lowest BCUT2D eigenvalue weighted by Gasteiger charge is -2.23. The van der Waals surface area contributed by atoms with E-state index in [0.717, 1.165) is 36.9 Å². The number of nitrogens with zero attached hydrogens (tertiary/aromatic N) is 2. The Hall–Kier alpha value is -0.900. The third-order valence-corrected chi connectivity index (χ3v) is 4.48. The molecule has 0 aromatic carbocycles. The third kappa shape index (κ3) is 4.30. The van der Waals surface area contributed by atoms with E-state index in [4.69, 9.17) is 10.3 Å². The van der Waals surface area contributed by atoms with Crippen molar-refractivity contribution < 1.29 is 4.52 Å². The summed E-state index contributed by atoms with van der Waals surface area (Å²) in [5.41, 5.74) is 5.78. The first-order chi connectivity index (χ1) is 9.56. The molecule has 2 N–H and O–H groups in total. The maximum absolute atomic E-state index is 5.78. The van der Waals surface area contributed by atoms with Crippen molar-refractivity contribution in [3.05, 3.63) is 11.7 Å². The summed E-state index contributed by atoms with van der Waals surface area (Å²) >= 11 is 0. The monoisotopic (exact) mass is 279 g/mol. The van der Waals surface area contributed by atoms with E-state index >= 15 is 0 Å². The number of rotatable bonds is 6. The predicted molar refractivity (Wildman–Crippen MR) is 80.6 cm³/mol. The second-order valence-electron chi connectivity index (χ2n) is 6.77. The fourth-order valence-corrected chi connectivity index (χ4v) is 3.15. The summed E-state index contributed by atoms with van der Waals surface area (Å²) in [6.45, 7) is 6.55. The van der Waals surface area contributed by atoms with E-state index < -0.39 is 0 Å². The molecule has 0 saturated heterocycles. The maximum Gasteiger partial charge on any atom is 0.229 e. The van der Waals surface area contributed by atoms with Crippen molar-refractivity contribution in [1.29, 1.82) is 0 Å². The second-order valence-corrected chi connectivity index (χ2v) is 6.77. The Bertz CT molecular complexity index is 402. The Morgan fingerprint density at radius 3 is 2.80 bits per heavy atom. The lowest BCUT2D eigenvalue weighted by molar-refractivity contribution is 0.314. The van der Waals surface area contributed by atoms with Gasteiger partial charge >= 0.3 is 0 Å². The predicted octanol–water partition coefficient (Wildman–Crippen LogP) is 3.98. The molecule has 4 unspecified atom stereocenters. The van der Waals surface area contributed by atoms with Gasteiger partial charge in [0.05, 0.1) is 0 Å². The number of nitrogens with two attached hydrogens (primary N) is 1.